The molecule has 16 heteroatoms. The fraction of sp³-hybridized carbons (Fsp3) is 0.241. The van der Waals surface area contributed by atoms with Gasteiger partial charge in [-0.05, 0) is 51.6 Å². The average molecular weight is 646 g/mol. The number of allylic oxidation sites excluding steroid dienone is 1. The summed E-state index contributed by atoms with van der Waals surface area (Å²) in [6, 6.07) is 6.78. The van der Waals surface area contributed by atoms with Crippen LogP contribution in [-0.4, -0.2) is 38.1 Å². The highest BCUT2D eigenvalue weighted by Gasteiger charge is 2.56. The highest BCUT2D eigenvalue weighted by atomic mass is 35.5. The van der Waals surface area contributed by atoms with Crippen LogP contribution in [0.15, 0.2) is 47.1 Å². The molecule has 0 saturated heterocycles. The monoisotopic (exact) mass is 645 g/mol. The van der Waals surface area contributed by atoms with Crippen molar-refractivity contribution in [3.8, 4) is 6.07 Å². The Morgan fingerprint density at radius 3 is 2.49 bits per heavy atom. The van der Waals surface area contributed by atoms with Gasteiger partial charge in [0, 0.05) is 28.6 Å². The molecule has 1 fully saturated rings. The molecule has 0 unspecified atom stereocenters. The minimum absolute atomic E-state index is 0.00241. The molecule has 3 aromatic heterocycles. The van der Waals surface area contributed by atoms with Crippen molar-refractivity contribution < 1.29 is 26.3 Å². The van der Waals surface area contributed by atoms with E-state index >= 15 is 4.39 Å². The minimum atomic E-state index is -2.90. The number of anilines is 2. The maximum Gasteiger partial charge on any atom is 0.263 e. The van der Waals surface area contributed by atoms with Crippen LogP contribution in [0.25, 0.3) is 5.70 Å². The predicted octanol–water partition coefficient (Wildman–Crippen LogP) is 7.24. The molecule has 5 rings (SSSR count). The van der Waals surface area contributed by atoms with Crippen molar-refractivity contribution >= 4 is 41.1 Å². The molecule has 45 heavy (non-hydrogen) atoms. The number of aliphatic imine (C=N–C) groups is 1. The number of nitrogens with one attached hydrogen (secondary N) is 2. The summed E-state index contributed by atoms with van der Waals surface area (Å²) >= 11 is 6.56. The van der Waals surface area contributed by atoms with Gasteiger partial charge in [-0.25, -0.2) is 27.8 Å². The highest BCUT2D eigenvalue weighted by molar-refractivity contribution is 6.34. The van der Waals surface area contributed by atoms with E-state index in [1.807, 2.05) is 6.07 Å². The number of aryl methyl sites for hydroxylation is 1. The average Bonchev–Trinajstić information content (AvgIpc) is 3.72. The van der Waals surface area contributed by atoms with Gasteiger partial charge in [-0.3, -0.25) is 4.99 Å². The normalized spacial score (nSPS) is 14.9. The lowest BCUT2D eigenvalue weighted by molar-refractivity contribution is 0.0524. The van der Waals surface area contributed by atoms with E-state index in [2.05, 4.69) is 42.6 Å². The zero-order valence-electron chi connectivity index (χ0n) is 23.5. The smallest absolute Gasteiger partial charge is 0.263 e. The molecule has 0 bridgehead atoms. The first kappa shape index (κ1) is 31.5. The Labute approximate surface area is 257 Å². The van der Waals surface area contributed by atoms with Gasteiger partial charge < -0.3 is 10.6 Å². The van der Waals surface area contributed by atoms with E-state index in [1.165, 1.54) is 32.0 Å². The SMILES string of the molecule is C=Nc1c(Cl)cc(N[C@@H](c2ccc(F)nc2C)c2nnn(C3(C(F)F)CC3)c2F)cc1/C(Nc1cnc(F)c(F)c1)=C(\C)C#N. The van der Waals surface area contributed by atoms with E-state index in [-0.39, 0.29) is 68.7 Å². The number of hydrogen-bond acceptors (Lipinski definition) is 8. The van der Waals surface area contributed by atoms with Crippen LogP contribution in [0.1, 0.15) is 48.3 Å². The number of halogens is 7. The van der Waals surface area contributed by atoms with E-state index in [4.69, 9.17) is 11.6 Å². The number of nitrogens with zero attached hydrogens (tertiary/aromatic N) is 7. The van der Waals surface area contributed by atoms with E-state index < -0.39 is 41.7 Å². The van der Waals surface area contributed by atoms with Gasteiger partial charge in [-0.15, -0.1) is 5.10 Å². The first-order valence-corrected chi connectivity index (χ1v) is 13.6. The van der Waals surface area contributed by atoms with E-state index in [9.17, 15) is 27.2 Å². The molecule has 0 amide bonds. The van der Waals surface area contributed by atoms with Crippen molar-refractivity contribution in [1.29, 1.82) is 5.26 Å². The van der Waals surface area contributed by atoms with Gasteiger partial charge in [0.2, 0.25) is 17.8 Å². The molecular weight excluding hydrogens is 624 g/mol. The Bertz CT molecular complexity index is 1880. The number of benzene rings is 1. The molecular formula is C29H22ClF6N9. The number of rotatable bonds is 10. The van der Waals surface area contributed by atoms with Crippen LogP contribution in [0.4, 0.5) is 43.4 Å². The van der Waals surface area contributed by atoms with Gasteiger partial charge >= 0.3 is 0 Å². The predicted molar refractivity (Wildman–Crippen MR) is 154 cm³/mol. The number of hydrogen-bond donors (Lipinski definition) is 2. The largest absolute Gasteiger partial charge is 0.372 e. The van der Waals surface area contributed by atoms with E-state index in [1.54, 1.807) is 0 Å². The van der Waals surface area contributed by atoms with Crippen molar-refractivity contribution in [3.05, 3.63) is 93.3 Å². The standard InChI is InChI=1S/C29H22ClF6N9/c1-13(11-37)22(42-16-10-20(31)26(33)39-12-16)18-8-15(9-19(30)23(18)38-3)41-24(17-4-5-21(32)40-14(17)2)25-27(34)45(44-43-25)29(6-7-29)28(35)36/h4-5,8-10,12,24,28,41-42H,3,6-7H2,1-2H3/b22-13-/t24-/m0/s1. The molecule has 1 aromatic carbocycles. The molecule has 1 aliphatic rings. The first-order valence-electron chi connectivity index (χ1n) is 13.2. The Kier molecular flexibility index (Phi) is 8.53. The van der Waals surface area contributed by atoms with Crippen molar-refractivity contribution in [2.24, 2.45) is 4.99 Å². The molecule has 232 valence electrons. The van der Waals surface area contributed by atoms with Crippen molar-refractivity contribution in [2.45, 2.75) is 44.7 Å². The van der Waals surface area contributed by atoms with Crippen LogP contribution in [0.2, 0.25) is 5.02 Å². The molecule has 0 aliphatic heterocycles. The third-order valence-electron chi connectivity index (χ3n) is 7.32. The Balaban J connectivity index is 1.64. The maximum absolute atomic E-state index is 15.8. The summed E-state index contributed by atoms with van der Waals surface area (Å²) in [6.07, 6.45) is -1.88. The minimum Gasteiger partial charge on any atom is -0.372 e. The fourth-order valence-corrected chi connectivity index (χ4v) is 5.07. The van der Waals surface area contributed by atoms with Crippen LogP contribution in [0.5, 0.6) is 0 Å². The van der Waals surface area contributed by atoms with Crippen LogP contribution in [-0.2, 0) is 5.54 Å². The van der Waals surface area contributed by atoms with Crippen LogP contribution >= 0.6 is 11.6 Å². The lowest BCUT2D eigenvalue weighted by Gasteiger charge is -2.22. The molecule has 9 nitrogen and oxygen atoms in total. The lowest BCUT2D eigenvalue weighted by Crippen LogP contribution is -2.29. The summed E-state index contributed by atoms with van der Waals surface area (Å²) in [5, 5.41) is 23.2. The van der Waals surface area contributed by atoms with Crippen LogP contribution < -0.4 is 10.6 Å². The number of nitriles is 1. The van der Waals surface area contributed by atoms with Crippen LogP contribution in [0, 0.1) is 41.9 Å². The summed E-state index contributed by atoms with van der Waals surface area (Å²) in [6.45, 7) is 6.44. The van der Waals surface area contributed by atoms with Crippen molar-refractivity contribution in [3.63, 3.8) is 0 Å². The molecule has 0 spiro atoms. The van der Waals surface area contributed by atoms with Gasteiger partial charge in [0.15, 0.2) is 5.82 Å². The Hall–Kier alpha value is -4.97. The maximum atomic E-state index is 15.8. The summed E-state index contributed by atoms with van der Waals surface area (Å²) in [5.74, 6) is -4.50. The van der Waals surface area contributed by atoms with Crippen molar-refractivity contribution in [1.82, 2.24) is 25.0 Å². The Morgan fingerprint density at radius 2 is 1.89 bits per heavy atom. The van der Waals surface area contributed by atoms with Gasteiger partial charge in [0.25, 0.3) is 6.43 Å². The third-order valence-corrected chi connectivity index (χ3v) is 7.60. The second kappa shape index (κ2) is 12.2. The zero-order chi connectivity index (χ0) is 32.6. The topological polar surface area (TPSA) is 117 Å². The summed E-state index contributed by atoms with van der Waals surface area (Å²) in [4.78, 5) is 11.1. The second-order valence-corrected chi connectivity index (χ2v) is 10.6. The quantitative estimate of drug-likeness (QED) is 0.0808. The molecule has 2 N–H and O–H groups in total. The van der Waals surface area contributed by atoms with E-state index in [0.717, 1.165) is 18.3 Å². The number of pyridine rings is 2. The molecule has 1 saturated carbocycles. The van der Waals surface area contributed by atoms with Gasteiger partial charge in [0.05, 0.1) is 39.9 Å². The summed E-state index contributed by atoms with van der Waals surface area (Å²) < 4.78 is 85.4. The van der Waals surface area contributed by atoms with E-state index in [0.29, 0.717) is 4.68 Å². The number of alkyl halides is 2. The molecule has 3 heterocycles. The van der Waals surface area contributed by atoms with Gasteiger partial charge in [0.1, 0.15) is 17.3 Å². The molecule has 4 aromatic rings. The highest BCUT2D eigenvalue weighted by Crippen LogP contribution is 2.49. The third kappa shape index (κ3) is 5.93. The first-order chi connectivity index (χ1) is 21.4. The van der Waals surface area contributed by atoms with Gasteiger partial charge in [-0.2, -0.15) is 18.4 Å². The summed E-state index contributed by atoms with van der Waals surface area (Å²) in [7, 11) is 0. The zero-order valence-corrected chi connectivity index (χ0v) is 24.3. The lowest BCUT2D eigenvalue weighted by atomic mass is 10.0. The molecule has 1 aliphatic carbocycles. The van der Waals surface area contributed by atoms with Crippen molar-refractivity contribution in [2.75, 3.05) is 10.6 Å². The molecule has 0 radical (unpaired) electrons. The fourth-order valence-electron chi connectivity index (χ4n) is 4.79. The van der Waals surface area contributed by atoms with Crippen LogP contribution in [0.3, 0.4) is 0 Å². The molecule has 1 atom stereocenters. The Morgan fingerprint density at radius 1 is 1.16 bits per heavy atom. The van der Waals surface area contributed by atoms with Gasteiger partial charge in [-0.1, -0.05) is 22.9 Å². The summed E-state index contributed by atoms with van der Waals surface area (Å²) in [5.41, 5.74) is -1.26. The number of aromatic nitrogens is 5. The second-order valence-electron chi connectivity index (χ2n) is 10.2.